The van der Waals surface area contributed by atoms with Crippen molar-refractivity contribution in [3.8, 4) is 28.0 Å². The highest BCUT2D eigenvalue weighted by molar-refractivity contribution is 6.19. The molecular weight excluding hydrogens is 442 g/mol. The van der Waals surface area contributed by atoms with E-state index in [4.69, 9.17) is 0 Å². The van der Waals surface area contributed by atoms with E-state index in [2.05, 4.69) is 0 Å². The van der Waals surface area contributed by atoms with Gasteiger partial charge in [0.25, 0.3) is 0 Å². The molecule has 0 amide bonds. The summed E-state index contributed by atoms with van der Waals surface area (Å²) in [5.74, 6) is -9.02. The predicted octanol–water partition coefficient (Wildman–Crippen LogP) is 7.87. The monoisotopic (exact) mass is 454 g/mol. The van der Waals surface area contributed by atoms with Crippen LogP contribution < -0.4 is 0 Å². The number of halogens is 6. The third kappa shape index (κ3) is 3.36. The number of phenolic OH excluding ortho intramolecular Hbond substituents is 1. The van der Waals surface area contributed by atoms with Crippen LogP contribution in [-0.4, -0.2) is 5.11 Å². The molecule has 0 radical (unpaired) electrons. The fourth-order valence-electron chi connectivity index (χ4n) is 4.12. The van der Waals surface area contributed by atoms with E-state index in [-0.39, 0.29) is 22.4 Å². The first-order valence-electron chi connectivity index (χ1n) is 9.73. The molecule has 7 heteroatoms. The average Bonchev–Trinajstić information content (AvgIpc) is 2.79. The van der Waals surface area contributed by atoms with Crippen LogP contribution in [0.2, 0.25) is 0 Å². The van der Waals surface area contributed by atoms with Crippen molar-refractivity contribution in [2.75, 3.05) is 0 Å². The van der Waals surface area contributed by atoms with Gasteiger partial charge in [0.1, 0.15) is 5.75 Å². The van der Waals surface area contributed by atoms with Crippen LogP contribution >= 0.6 is 0 Å². The van der Waals surface area contributed by atoms with Crippen LogP contribution in [0.1, 0.15) is 0 Å². The molecule has 0 unspecified atom stereocenters. The maximum atomic E-state index is 14.0. The molecule has 0 aliphatic rings. The molecule has 164 valence electrons. The average molecular weight is 454 g/mol. The van der Waals surface area contributed by atoms with Crippen LogP contribution in [-0.2, 0) is 0 Å². The molecule has 5 aromatic carbocycles. The third-order valence-corrected chi connectivity index (χ3v) is 5.53. The van der Waals surface area contributed by atoms with Gasteiger partial charge >= 0.3 is 0 Å². The van der Waals surface area contributed by atoms with Gasteiger partial charge < -0.3 is 5.11 Å². The molecular formula is C26H12F6O. The molecule has 0 aliphatic carbocycles. The zero-order chi connectivity index (χ0) is 23.4. The quantitative estimate of drug-likeness (QED) is 0.164. The highest BCUT2D eigenvalue weighted by Crippen LogP contribution is 2.42. The summed E-state index contributed by atoms with van der Waals surface area (Å²) in [6.07, 6.45) is 0. The SMILES string of the molecule is Oc1cc(-c2cc(F)c(F)c(F)c2)c2c(ccc3cccc(-c4cc(F)c(F)c(F)c4)c32)c1. The minimum Gasteiger partial charge on any atom is -0.508 e. The fraction of sp³-hybridized carbons (Fsp3) is 0. The summed E-state index contributed by atoms with van der Waals surface area (Å²) in [6.45, 7) is 0. The van der Waals surface area contributed by atoms with Gasteiger partial charge in [-0.3, -0.25) is 0 Å². The van der Waals surface area contributed by atoms with Gasteiger partial charge in [0, 0.05) is 0 Å². The van der Waals surface area contributed by atoms with Gasteiger partial charge in [-0.25, -0.2) is 26.3 Å². The Morgan fingerprint density at radius 3 is 1.55 bits per heavy atom. The van der Waals surface area contributed by atoms with E-state index in [0.29, 0.717) is 27.1 Å². The molecule has 1 N–H and O–H groups in total. The second-order valence-electron chi connectivity index (χ2n) is 7.57. The van der Waals surface area contributed by atoms with Crippen LogP contribution in [0.25, 0.3) is 43.8 Å². The zero-order valence-electron chi connectivity index (χ0n) is 16.6. The number of rotatable bonds is 2. The van der Waals surface area contributed by atoms with Crippen LogP contribution in [0.15, 0.2) is 66.7 Å². The number of aromatic hydroxyl groups is 1. The molecule has 1 nitrogen and oxygen atoms in total. The lowest BCUT2D eigenvalue weighted by Crippen LogP contribution is -1.95. The van der Waals surface area contributed by atoms with Crippen molar-refractivity contribution < 1.29 is 31.4 Å². The lowest BCUT2D eigenvalue weighted by atomic mass is 9.89. The van der Waals surface area contributed by atoms with Crippen molar-refractivity contribution in [3.05, 3.63) is 102 Å². The highest BCUT2D eigenvalue weighted by atomic mass is 19.2. The van der Waals surface area contributed by atoms with Gasteiger partial charge in [-0.05, 0) is 80.2 Å². The largest absolute Gasteiger partial charge is 0.508 e. The molecule has 0 heterocycles. The Bertz CT molecular complexity index is 1550. The molecule has 0 spiro atoms. The topological polar surface area (TPSA) is 20.2 Å². The summed E-state index contributed by atoms with van der Waals surface area (Å²) in [5, 5.41) is 12.1. The second kappa shape index (κ2) is 7.55. The van der Waals surface area contributed by atoms with E-state index in [0.717, 1.165) is 24.3 Å². The maximum Gasteiger partial charge on any atom is 0.194 e. The van der Waals surface area contributed by atoms with Gasteiger partial charge in [-0.2, -0.15) is 0 Å². The third-order valence-electron chi connectivity index (χ3n) is 5.53. The fourth-order valence-corrected chi connectivity index (χ4v) is 4.12. The number of hydrogen-bond acceptors (Lipinski definition) is 1. The number of hydrogen-bond donors (Lipinski definition) is 1. The van der Waals surface area contributed by atoms with Crippen molar-refractivity contribution >= 4 is 21.5 Å². The van der Waals surface area contributed by atoms with Crippen molar-refractivity contribution in [3.63, 3.8) is 0 Å². The summed E-state index contributed by atoms with van der Waals surface area (Å²) in [5.41, 5.74) is 0.487. The Morgan fingerprint density at radius 1 is 0.485 bits per heavy atom. The van der Waals surface area contributed by atoms with Gasteiger partial charge in [0.05, 0.1) is 0 Å². The molecule has 5 rings (SSSR count). The Labute approximate surface area is 183 Å². The van der Waals surface area contributed by atoms with Crippen LogP contribution in [0.4, 0.5) is 26.3 Å². The lowest BCUT2D eigenvalue weighted by Gasteiger charge is -2.15. The van der Waals surface area contributed by atoms with E-state index in [1.54, 1.807) is 30.3 Å². The van der Waals surface area contributed by atoms with Gasteiger partial charge in [0.15, 0.2) is 34.9 Å². The molecule has 0 fully saturated rings. The molecule has 0 saturated carbocycles. The first-order chi connectivity index (χ1) is 15.7. The van der Waals surface area contributed by atoms with Crippen molar-refractivity contribution in [2.24, 2.45) is 0 Å². The van der Waals surface area contributed by atoms with Crippen molar-refractivity contribution in [2.45, 2.75) is 0 Å². The Kier molecular flexibility index (Phi) is 4.78. The smallest absolute Gasteiger partial charge is 0.194 e. The van der Waals surface area contributed by atoms with Gasteiger partial charge in [0.2, 0.25) is 0 Å². The summed E-state index contributed by atoms with van der Waals surface area (Å²) in [4.78, 5) is 0. The minimum absolute atomic E-state index is 0.0417. The maximum absolute atomic E-state index is 14.0. The number of fused-ring (bicyclic) bond motifs is 3. The molecule has 33 heavy (non-hydrogen) atoms. The molecule has 0 aromatic heterocycles. The normalized spacial score (nSPS) is 11.5. The van der Waals surface area contributed by atoms with E-state index in [1.807, 2.05) is 0 Å². The number of benzene rings is 5. The first-order valence-corrected chi connectivity index (χ1v) is 9.73. The molecule has 0 bridgehead atoms. The van der Waals surface area contributed by atoms with E-state index in [1.165, 1.54) is 12.1 Å². The summed E-state index contributed by atoms with van der Waals surface area (Å²) in [6, 6.07) is 14.3. The van der Waals surface area contributed by atoms with Gasteiger partial charge in [-0.1, -0.05) is 30.3 Å². The molecule has 0 saturated heterocycles. The minimum atomic E-state index is -1.63. The molecule has 5 aromatic rings. The lowest BCUT2D eigenvalue weighted by molar-refractivity contribution is 0.447. The Morgan fingerprint density at radius 2 is 0.970 bits per heavy atom. The zero-order valence-corrected chi connectivity index (χ0v) is 16.6. The van der Waals surface area contributed by atoms with E-state index < -0.39 is 34.9 Å². The highest BCUT2D eigenvalue weighted by Gasteiger charge is 2.19. The summed E-state index contributed by atoms with van der Waals surface area (Å²) in [7, 11) is 0. The molecule has 0 aliphatic heterocycles. The van der Waals surface area contributed by atoms with Crippen LogP contribution in [0.3, 0.4) is 0 Å². The van der Waals surface area contributed by atoms with Crippen molar-refractivity contribution in [1.29, 1.82) is 0 Å². The summed E-state index contributed by atoms with van der Waals surface area (Å²) >= 11 is 0. The summed E-state index contributed by atoms with van der Waals surface area (Å²) < 4.78 is 83.1. The molecule has 0 atom stereocenters. The van der Waals surface area contributed by atoms with E-state index >= 15 is 0 Å². The first kappa shape index (κ1) is 20.9. The van der Waals surface area contributed by atoms with Crippen LogP contribution in [0.5, 0.6) is 5.75 Å². The Hall–Kier alpha value is -4.00. The predicted molar refractivity (Wildman–Crippen MR) is 114 cm³/mol. The van der Waals surface area contributed by atoms with Crippen molar-refractivity contribution in [1.82, 2.24) is 0 Å². The Balaban J connectivity index is 1.95. The standard InChI is InChI=1S/C26H12F6O/c27-19-7-14(8-20(28)25(19)31)17-3-1-2-12-4-5-13-6-16(33)11-18(24(13)23(12)17)15-9-21(29)26(32)22(30)10-15/h1-11,33H. The second-order valence-corrected chi connectivity index (χ2v) is 7.57. The van der Waals surface area contributed by atoms with E-state index in [9.17, 15) is 31.4 Å². The van der Waals surface area contributed by atoms with Gasteiger partial charge in [-0.15, -0.1) is 0 Å². The van der Waals surface area contributed by atoms with Crippen LogP contribution in [0, 0.1) is 34.9 Å². The number of phenols is 1.